The molecule has 1 fully saturated rings. The summed E-state index contributed by atoms with van der Waals surface area (Å²) in [4.78, 5) is 35.9. The molecule has 3 unspecified atom stereocenters. The van der Waals surface area contributed by atoms with Crippen LogP contribution in [0, 0.1) is 10.1 Å². The number of hydrogen-bond acceptors (Lipinski definition) is 9. The van der Waals surface area contributed by atoms with Crippen LogP contribution < -0.4 is 4.90 Å². The van der Waals surface area contributed by atoms with Gasteiger partial charge in [-0.2, -0.15) is 5.11 Å². The number of anilines is 1. The zero-order valence-corrected chi connectivity index (χ0v) is 22.1. The van der Waals surface area contributed by atoms with Gasteiger partial charge in [-0.25, -0.2) is 0 Å². The van der Waals surface area contributed by atoms with Crippen LogP contribution in [0.4, 0.5) is 22.7 Å². The average molecular weight is 554 g/mol. The smallest absolute Gasteiger partial charge is 0.325 e. The highest BCUT2D eigenvalue weighted by Gasteiger charge is 2.37. The van der Waals surface area contributed by atoms with E-state index in [9.17, 15) is 29.5 Å². The van der Waals surface area contributed by atoms with Crippen LogP contribution in [0.15, 0.2) is 52.7 Å². The summed E-state index contributed by atoms with van der Waals surface area (Å²) < 4.78 is 16.7. The highest BCUT2D eigenvalue weighted by Crippen LogP contribution is 2.41. The maximum Gasteiger partial charge on any atom is 0.325 e. The van der Waals surface area contributed by atoms with Crippen LogP contribution in [-0.2, 0) is 13.9 Å². The number of amides is 1. The number of azo groups is 1. The van der Waals surface area contributed by atoms with Gasteiger partial charge in [-0.15, -0.1) is 5.11 Å². The molecule has 0 saturated carbocycles. The summed E-state index contributed by atoms with van der Waals surface area (Å²) in [6, 6.07) is 10.8. The van der Waals surface area contributed by atoms with Crippen LogP contribution in [0.2, 0.25) is 5.02 Å². The highest BCUT2D eigenvalue weighted by molar-refractivity contribution is 7.51. The molecule has 0 spiro atoms. The van der Waals surface area contributed by atoms with Crippen molar-refractivity contribution in [3.8, 4) is 0 Å². The molecule has 12 nitrogen and oxygen atoms in total. The largest absolute Gasteiger partial charge is 0.394 e. The summed E-state index contributed by atoms with van der Waals surface area (Å²) in [7, 11) is -1.78. The van der Waals surface area contributed by atoms with Crippen LogP contribution in [-0.4, -0.2) is 71.3 Å². The van der Waals surface area contributed by atoms with Gasteiger partial charge in [-0.1, -0.05) is 11.6 Å². The minimum absolute atomic E-state index is 0.125. The number of halogens is 1. The Morgan fingerprint density at radius 3 is 2.59 bits per heavy atom. The molecule has 200 valence electrons. The van der Waals surface area contributed by atoms with Gasteiger partial charge in [0.05, 0.1) is 34.4 Å². The van der Waals surface area contributed by atoms with E-state index in [4.69, 9.17) is 16.1 Å². The van der Waals surface area contributed by atoms with Crippen molar-refractivity contribution in [2.45, 2.75) is 31.4 Å². The molecule has 1 amide bonds. The molecule has 1 heterocycles. The lowest BCUT2D eigenvalue weighted by Gasteiger charge is -2.24. The lowest BCUT2D eigenvalue weighted by molar-refractivity contribution is -0.384. The van der Waals surface area contributed by atoms with Gasteiger partial charge in [0.1, 0.15) is 5.69 Å². The number of benzene rings is 2. The number of carbonyl (C=O) groups is 1. The second kappa shape index (κ2) is 12.6. The van der Waals surface area contributed by atoms with Crippen molar-refractivity contribution >= 4 is 47.9 Å². The SMILES string of the molecule is CN(CCCC(=O)N1CC(OP(C)(=O)O)CC1CO)c1ccc(N=Nc2ccc([N+](=O)[O-])cc2Cl)cc1. The van der Waals surface area contributed by atoms with Crippen LogP contribution in [0.5, 0.6) is 0 Å². The van der Waals surface area contributed by atoms with Gasteiger partial charge >= 0.3 is 7.60 Å². The van der Waals surface area contributed by atoms with Crippen LogP contribution >= 0.6 is 19.2 Å². The van der Waals surface area contributed by atoms with E-state index in [2.05, 4.69) is 10.2 Å². The Labute approximate surface area is 219 Å². The number of aliphatic hydroxyl groups excluding tert-OH is 1. The van der Waals surface area contributed by atoms with E-state index in [1.807, 2.05) is 24.1 Å². The van der Waals surface area contributed by atoms with E-state index in [1.54, 1.807) is 12.1 Å². The number of nitro groups is 1. The molecule has 1 saturated heterocycles. The summed E-state index contributed by atoms with van der Waals surface area (Å²) in [5.41, 5.74) is 1.67. The molecular formula is C23H29ClN5O7P. The van der Waals surface area contributed by atoms with Gasteiger partial charge in [0.15, 0.2) is 0 Å². The van der Waals surface area contributed by atoms with E-state index in [0.29, 0.717) is 30.8 Å². The number of likely N-dealkylation sites (tertiary alicyclic amines) is 1. The molecular weight excluding hydrogens is 525 g/mol. The Balaban J connectivity index is 1.50. The second-order valence-electron chi connectivity index (χ2n) is 8.78. The Morgan fingerprint density at radius 1 is 1.30 bits per heavy atom. The van der Waals surface area contributed by atoms with Crippen molar-refractivity contribution in [1.82, 2.24) is 4.90 Å². The summed E-state index contributed by atoms with van der Waals surface area (Å²) in [5, 5.41) is 28.7. The average Bonchev–Trinajstić information content (AvgIpc) is 3.24. The maximum atomic E-state index is 12.7. The van der Waals surface area contributed by atoms with Crippen molar-refractivity contribution in [1.29, 1.82) is 0 Å². The van der Waals surface area contributed by atoms with Crippen molar-refractivity contribution in [2.75, 3.05) is 38.3 Å². The van der Waals surface area contributed by atoms with Crippen LogP contribution in [0.25, 0.3) is 0 Å². The van der Waals surface area contributed by atoms with Crippen molar-refractivity contribution in [3.05, 3.63) is 57.6 Å². The molecule has 2 aromatic rings. The molecule has 1 aliphatic rings. The fraction of sp³-hybridized carbons (Fsp3) is 0.435. The number of nitrogens with zero attached hydrogens (tertiary/aromatic N) is 5. The van der Waals surface area contributed by atoms with Crippen LogP contribution in [0.1, 0.15) is 19.3 Å². The third-order valence-corrected chi connectivity index (χ3v) is 6.83. The van der Waals surface area contributed by atoms with Gasteiger partial charge in [-0.3, -0.25) is 19.5 Å². The van der Waals surface area contributed by atoms with E-state index in [1.165, 1.54) is 23.1 Å². The lowest BCUT2D eigenvalue weighted by atomic mass is 10.2. The number of non-ortho nitro benzene ring substituents is 1. The Bertz CT molecular complexity index is 1190. The van der Waals surface area contributed by atoms with Crippen molar-refractivity contribution in [2.24, 2.45) is 10.2 Å². The van der Waals surface area contributed by atoms with E-state index in [-0.39, 0.29) is 36.2 Å². The van der Waals surface area contributed by atoms with Crippen molar-refractivity contribution < 1.29 is 28.8 Å². The molecule has 14 heteroatoms. The number of aliphatic hydroxyl groups is 1. The van der Waals surface area contributed by atoms with Gasteiger partial charge < -0.3 is 24.3 Å². The minimum Gasteiger partial charge on any atom is -0.394 e. The summed E-state index contributed by atoms with van der Waals surface area (Å²) in [6.07, 6.45) is 0.582. The predicted molar refractivity (Wildman–Crippen MR) is 139 cm³/mol. The molecule has 2 N–H and O–H groups in total. The summed E-state index contributed by atoms with van der Waals surface area (Å²) in [5.74, 6) is -0.136. The van der Waals surface area contributed by atoms with Gasteiger partial charge in [-0.05, 0) is 43.2 Å². The number of rotatable bonds is 11. The zero-order chi connectivity index (χ0) is 27.2. The topological polar surface area (TPSA) is 158 Å². The first kappa shape index (κ1) is 28.7. The molecule has 0 aliphatic carbocycles. The van der Waals surface area contributed by atoms with E-state index < -0.39 is 24.7 Å². The van der Waals surface area contributed by atoms with Gasteiger partial charge in [0.25, 0.3) is 5.69 Å². The fourth-order valence-electron chi connectivity index (χ4n) is 4.02. The molecule has 0 aromatic heterocycles. The standard InChI is InChI=1S/C23H29ClN5O7P/c1-27(11-3-4-23(31)28-14-20(12-19(28)15-30)36-37(2,34)35)17-7-5-16(6-8-17)25-26-22-10-9-18(29(32)33)13-21(22)24/h5-10,13,19-20,30H,3-4,11-12,14-15H2,1-2H3,(H,34,35). The van der Waals surface area contributed by atoms with Crippen LogP contribution in [0.3, 0.4) is 0 Å². The molecule has 2 aromatic carbocycles. The third-order valence-electron chi connectivity index (χ3n) is 5.84. The highest BCUT2D eigenvalue weighted by atomic mass is 35.5. The summed E-state index contributed by atoms with van der Waals surface area (Å²) in [6.45, 7) is 1.65. The Hall–Kier alpha value is -2.89. The molecule has 3 atom stereocenters. The predicted octanol–water partition coefficient (Wildman–Crippen LogP) is 4.67. The zero-order valence-electron chi connectivity index (χ0n) is 20.4. The first-order chi connectivity index (χ1) is 17.5. The normalized spacial score (nSPS) is 19.2. The molecule has 3 rings (SSSR count). The number of nitro benzene ring substituents is 1. The molecule has 0 bridgehead atoms. The first-order valence-electron chi connectivity index (χ1n) is 11.5. The lowest BCUT2D eigenvalue weighted by Crippen LogP contribution is -2.38. The minimum atomic E-state index is -3.68. The quantitative estimate of drug-likeness (QED) is 0.176. The molecule has 0 radical (unpaired) electrons. The van der Waals surface area contributed by atoms with E-state index in [0.717, 1.165) is 12.4 Å². The number of carbonyl (C=O) groups excluding carboxylic acids is 1. The number of hydrogen-bond donors (Lipinski definition) is 2. The summed E-state index contributed by atoms with van der Waals surface area (Å²) >= 11 is 6.04. The molecule has 37 heavy (non-hydrogen) atoms. The maximum absolute atomic E-state index is 12.7. The fourth-order valence-corrected chi connectivity index (χ4v) is 4.94. The molecule has 1 aliphatic heterocycles. The second-order valence-corrected chi connectivity index (χ2v) is 11.0. The Morgan fingerprint density at radius 2 is 2.00 bits per heavy atom. The Kier molecular flexibility index (Phi) is 9.74. The van der Waals surface area contributed by atoms with Gasteiger partial charge in [0, 0.05) is 51.0 Å². The first-order valence-corrected chi connectivity index (χ1v) is 13.9. The van der Waals surface area contributed by atoms with Crippen molar-refractivity contribution in [3.63, 3.8) is 0 Å². The van der Waals surface area contributed by atoms with Gasteiger partial charge in [0.2, 0.25) is 5.91 Å². The monoisotopic (exact) mass is 553 g/mol. The third kappa shape index (κ3) is 8.31. The van der Waals surface area contributed by atoms with E-state index >= 15 is 0 Å².